The second-order valence-corrected chi connectivity index (χ2v) is 7.48. The molecule has 1 aromatic heterocycles. The van der Waals surface area contributed by atoms with E-state index in [9.17, 15) is 13.6 Å². The van der Waals surface area contributed by atoms with Gasteiger partial charge in [-0.2, -0.15) is 13.5 Å². The van der Waals surface area contributed by atoms with Crippen molar-refractivity contribution in [3.8, 4) is 17.2 Å². The Morgan fingerprint density at radius 1 is 1.20 bits per heavy atom. The number of thioether (sulfide) groups is 1. The number of anilines is 1. The Morgan fingerprint density at radius 3 is 2.70 bits per heavy atom. The van der Waals surface area contributed by atoms with E-state index in [1.165, 1.54) is 22.9 Å². The van der Waals surface area contributed by atoms with E-state index in [0.29, 0.717) is 16.6 Å². The summed E-state index contributed by atoms with van der Waals surface area (Å²) in [6.45, 7) is 0.585. The van der Waals surface area contributed by atoms with Crippen molar-refractivity contribution in [2.45, 2.75) is 30.9 Å². The van der Waals surface area contributed by atoms with E-state index in [0.717, 1.165) is 17.3 Å². The van der Waals surface area contributed by atoms with Gasteiger partial charge in [-0.1, -0.05) is 30.0 Å². The first-order valence-electron chi connectivity index (χ1n) is 8.83. The number of aromatic nitrogens is 4. The van der Waals surface area contributed by atoms with Gasteiger partial charge in [0.2, 0.25) is 11.1 Å². The molecule has 0 aliphatic heterocycles. The average molecular weight is 435 g/mol. The van der Waals surface area contributed by atoms with E-state index in [-0.39, 0.29) is 11.4 Å². The van der Waals surface area contributed by atoms with Crippen LogP contribution < -0.4 is 14.8 Å². The molecule has 0 radical (unpaired) electrons. The number of rotatable bonds is 8. The molecule has 0 spiro atoms. The molecule has 3 rings (SSSR count). The minimum atomic E-state index is -3.00. The molecule has 2 aromatic carbocycles. The predicted octanol–water partition coefficient (Wildman–Crippen LogP) is 3.70. The Labute approximate surface area is 175 Å². The number of alkyl halides is 2. The number of hydrogen-bond donors (Lipinski definition) is 1. The topological polar surface area (TPSA) is 91.2 Å². The SMILES string of the molecule is COc1ccc(C)cc1-n1nnnc1SC(C)C(=O)Nc1ccccc1OC(F)F. The van der Waals surface area contributed by atoms with Crippen LogP contribution in [0.1, 0.15) is 12.5 Å². The normalized spacial score (nSPS) is 11.9. The number of ether oxygens (including phenoxy) is 2. The molecule has 30 heavy (non-hydrogen) atoms. The first-order valence-corrected chi connectivity index (χ1v) is 9.71. The zero-order chi connectivity index (χ0) is 21.7. The highest BCUT2D eigenvalue weighted by atomic mass is 32.2. The summed E-state index contributed by atoms with van der Waals surface area (Å²) in [5.41, 5.74) is 1.77. The number of nitrogens with one attached hydrogen (secondary N) is 1. The van der Waals surface area contributed by atoms with E-state index in [4.69, 9.17) is 4.74 Å². The molecule has 1 amide bonds. The van der Waals surface area contributed by atoms with Gasteiger partial charge < -0.3 is 14.8 Å². The molecule has 0 aliphatic rings. The molecule has 0 saturated heterocycles. The van der Waals surface area contributed by atoms with Crippen molar-refractivity contribution < 1.29 is 23.0 Å². The van der Waals surface area contributed by atoms with E-state index in [1.54, 1.807) is 26.2 Å². The van der Waals surface area contributed by atoms with Crippen LogP contribution in [0.3, 0.4) is 0 Å². The van der Waals surface area contributed by atoms with E-state index >= 15 is 0 Å². The number of amides is 1. The monoisotopic (exact) mass is 435 g/mol. The third-order valence-corrected chi connectivity index (χ3v) is 5.05. The number of benzene rings is 2. The third-order valence-electron chi connectivity index (χ3n) is 4.02. The smallest absolute Gasteiger partial charge is 0.387 e. The second kappa shape index (κ2) is 9.53. The van der Waals surface area contributed by atoms with Crippen molar-refractivity contribution in [2.24, 2.45) is 0 Å². The molecule has 1 heterocycles. The molecular weight excluding hydrogens is 416 g/mol. The number of carbonyl (C=O) groups excluding carboxylic acids is 1. The van der Waals surface area contributed by atoms with Crippen LogP contribution >= 0.6 is 11.8 Å². The molecule has 11 heteroatoms. The zero-order valence-electron chi connectivity index (χ0n) is 16.4. The van der Waals surface area contributed by atoms with Crippen LogP contribution in [0.15, 0.2) is 47.6 Å². The summed E-state index contributed by atoms with van der Waals surface area (Å²) in [6.07, 6.45) is 0. The summed E-state index contributed by atoms with van der Waals surface area (Å²) in [4.78, 5) is 12.6. The van der Waals surface area contributed by atoms with Gasteiger partial charge in [-0.15, -0.1) is 5.10 Å². The number of tetrazole rings is 1. The molecular formula is C19H19F2N5O3S. The summed E-state index contributed by atoms with van der Waals surface area (Å²) in [6, 6.07) is 11.5. The number of nitrogens with zero attached hydrogens (tertiary/aromatic N) is 4. The first-order chi connectivity index (χ1) is 14.4. The van der Waals surface area contributed by atoms with Crippen LogP contribution in [0.2, 0.25) is 0 Å². The number of aryl methyl sites for hydroxylation is 1. The van der Waals surface area contributed by atoms with Crippen LogP contribution in [0.5, 0.6) is 11.5 Å². The summed E-state index contributed by atoms with van der Waals surface area (Å²) < 4.78 is 36.4. The molecule has 1 unspecified atom stereocenters. The molecule has 0 bridgehead atoms. The number of halogens is 2. The number of para-hydroxylation sites is 2. The summed E-state index contributed by atoms with van der Waals surface area (Å²) in [5.74, 6) is 0.0355. The molecule has 0 fully saturated rings. The molecule has 0 aliphatic carbocycles. The highest BCUT2D eigenvalue weighted by Crippen LogP contribution is 2.30. The first kappa shape index (κ1) is 21.5. The Morgan fingerprint density at radius 2 is 1.97 bits per heavy atom. The summed E-state index contributed by atoms with van der Waals surface area (Å²) >= 11 is 1.11. The Kier molecular flexibility index (Phi) is 6.83. The van der Waals surface area contributed by atoms with Gasteiger partial charge in [0.25, 0.3) is 0 Å². The lowest BCUT2D eigenvalue weighted by Gasteiger charge is -2.15. The minimum absolute atomic E-state index is 0.118. The molecule has 8 nitrogen and oxygen atoms in total. The standard InChI is InChI=1S/C19H19F2N5O3S/c1-11-8-9-16(28-3)14(10-11)26-19(23-24-25-26)30-12(2)17(27)22-13-6-4-5-7-15(13)29-18(20)21/h4-10,12,18H,1-3H3,(H,22,27). The minimum Gasteiger partial charge on any atom is -0.494 e. The number of carbonyl (C=O) groups is 1. The summed E-state index contributed by atoms with van der Waals surface area (Å²) in [5, 5.41) is 14.0. The van der Waals surface area contributed by atoms with E-state index in [1.807, 2.05) is 19.1 Å². The fourth-order valence-electron chi connectivity index (χ4n) is 2.58. The highest BCUT2D eigenvalue weighted by molar-refractivity contribution is 8.00. The van der Waals surface area contributed by atoms with Crippen molar-refractivity contribution in [1.29, 1.82) is 0 Å². The second-order valence-electron chi connectivity index (χ2n) is 6.17. The van der Waals surface area contributed by atoms with Gasteiger partial charge in [-0.3, -0.25) is 4.79 Å². The fraction of sp³-hybridized carbons (Fsp3) is 0.263. The van der Waals surface area contributed by atoms with Crippen molar-refractivity contribution in [2.75, 3.05) is 12.4 Å². The maximum Gasteiger partial charge on any atom is 0.387 e. The van der Waals surface area contributed by atoms with E-state index in [2.05, 4.69) is 25.6 Å². The molecule has 158 valence electrons. The average Bonchev–Trinajstić information content (AvgIpc) is 3.16. The van der Waals surface area contributed by atoms with Crippen molar-refractivity contribution in [3.05, 3.63) is 48.0 Å². The van der Waals surface area contributed by atoms with Crippen LogP contribution in [-0.4, -0.2) is 45.1 Å². The van der Waals surface area contributed by atoms with Gasteiger partial charge in [-0.25, -0.2) is 0 Å². The highest BCUT2D eigenvalue weighted by Gasteiger charge is 2.22. The van der Waals surface area contributed by atoms with Crippen molar-refractivity contribution >= 4 is 23.4 Å². The Hall–Kier alpha value is -3.21. The lowest BCUT2D eigenvalue weighted by Crippen LogP contribution is -2.23. The van der Waals surface area contributed by atoms with Gasteiger partial charge in [0.05, 0.1) is 18.0 Å². The molecule has 3 aromatic rings. The van der Waals surface area contributed by atoms with Gasteiger partial charge in [-0.05, 0) is 54.1 Å². The maximum absolute atomic E-state index is 12.6. The van der Waals surface area contributed by atoms with Crippen molar-refractivity contribution in [1.82, 2.24) is 20.2 Å². The predicted molar refractivity (Wildman–Crippen MR) is 107 cm³/mol. The molecule has 0 saturated carbocycles. The number of methoxy groups -OCH3 is 1. The fourth-order valence-corrected chi connectivity index (χ4v) is 3.38. The molecule has 1 N–H and O–H groups in total. The van der Waals surface area contributed by atoms with Gasteiger partial charge in [0.1, 0.15) is 17.2 Å². The lowest BCUT2D eigenvalue weighted by molar-refractivity contribution is -0.115. The Bertz CT molecular complexity index is 1030. The van der Waals surface area contributed by atoms with Crippen LogP contribution in [-0.2, 0) is 4.79 Å². The maximum atomic E-state index is 12.6. The van der Waals surface area contributed by atoms with Gasteiger partial charge in [0, 0.05) is 0 Å². The zero-order valence-corrected chi connectivity index (χ0v) is 17.2. The molecule has 1 atom stereocenters. The Balaban J connectivity index is 1.77. The van der Waals surface area contributed by atoms with Gasteiger partial charge >= 0.3 is 6.61 Å². The lowest BCUT2D eigenvalue weighted by atomic mass is 10.2. The van der Waals surface area contributed by atoms with Crippen molar-refractivity contribution in [3.63, 3.8) is 0 Å². The van der Waals surface area contributed by atoms with E-state index < -0.39 is 17.8 Å². The largest absolute Gasteiger partial charge is 0.494 e. The third kappa shape index (κ3) is 5.03. The van der Waals surface area contributed by atoms with Gasteiger partial charge in [0.15, 0.2) is 0 Å². The summed E-state index contributed by atoms with van der Waals surface area (Å²) in [7, 11) is 1.54. The van der Waals surface area contributed by atoms with Crippen LogP contribution in [0.25, 0.3) is 5.69 Å². The van der Waals surface area contributed by atoms with Crippen LogP contribution in [0.4, 0.5) is 14.5 Å². The van der Waals surface area contributed by atoms with Crippen LogP contribution in [0, 0.1) is 6.92 Å². The quantitative estimate of drug-likeness (QED) is 0.540. The number of hydrogen-bond acceptors (Lipinski definition) is 7.